The van der Waals surface area contributed by atoms with Crippen LogP contribution in [0.25, 0.3) is 22.0 Å². The summed E-state index contributed by atoms with van der Waals surface area (Å²) in [7, 11) is 1.61. The third-order valence-corrected chi connectivity index (χ3v) is 4.23. The lowest BCUT2D eigenvalue weighted by Gasteiger charge is -2.05. The van der Waals surface area contributed by atoms with Crippen molar-refractivity contribution in [1.29, 1.82) is 0 Å². The quantitative estimate of drug-likeness (QED) is 0.535. The predicted octanol–water partition coefficient (Wildman–Crippen LogP) is 3.92. The number of H-pyrrole nitrogens is 1. The standard InChI is InChI=1S/C18H15ClN4O3/c1-10-4-3-5-12-16(10)21-17(22-18(12)24)13(19)8-11-6-7-14(20-2)15(9-11)23(25)26/h3-9,20H,1-2H3,(H,21,22,24)/b13-8-. The topological polar surface area (TPSA) is 101 Å². The molecular formula is C18H15ClN4O3. The molecule has 3 aromatic rings. The van der Waals surface area contributed by atoms with Crippen molar-refractivity contribution in [2.45, 2.75) is 6.92 Å². The number of aromatic amines is 1. The van der Waals surface area contributed by atoms with Crippen LogP contribution in [0, 0.1) is 17.0 Å². The van der Waals surface area contributed by atoms with E-state index >= 15 is 0 Å². The fourth-order valence-corrected chi connectivity index (χ4v) is 2.85. The summed E-state index contributed by atoms with van der Waals surface area (Å²) in [5.74, 6) is 0.207. The van der Waals surface area contributed by atoms with E-state index in [0.717, 1.165) is 5.56 Å². The smallest absolute Gasteiger partial charge is 0.292 e. The van der Waals surface area contributed by atoms with Gasteiger partial charge in [0, 0.05) is 13.1 Å². The van der Waals surface area contributed by atoms with E-state index in [-0.39, 0.29) is 22.1 Å². The molecule has 0 amide bonds. The lowest BCUT2D eigenvalue weighted by molar-refractivity contribution is -0.383. The van der Waals surface area contributed by atoms with Gasteiger partial charge in [-0.25, -0.2) is 4.98 Å². The number of rotatable bonds is 4. The van der Waals surface area contributed by atoms with Gasteiger partial charge < -0.3 is 10.3 Å². The number of para-hydroxylation sites is 1. The minimum atomic E-state index is -0.476. The summed E-state index contributed by atoms with van der Waals surface area (Å²) in [6.45, 7) is 1.86. The zero-order chi connectivity index (χ0) is 18.8. The minimum Gasteiger partial charge on any atom is -0.383 e. The molecule has 0 saturated heterocycles. The molecule has 7 nitrogen and oxygen atoms in total. The molecule has 0 aliphatic heterocycles. The van der Waals surface area contributed by atoms with Crippen LogP contribution in [0.4, 0.5) is 11.4 Å². The molecule has 0 bridgehead atoms. The van der Waals surface area contributed by atoms with E-state index in [4.69, 9.17) is 11.6 Å². The third-order valence-electron chi connectivity index (χ3n) is 3.95. The maximum absolute atomic E-state index is 12.3. The highest BCUT2D eigenvalue weighted by Crippen LogP contribution is 2.28. The molecule has 0 atom stereocenters. The van der Waals surface area contributed by atoms with Gasteiger partial charge >= 0.3 is 0 Å². The van der Waals surface area contributed by atoms with Crippen LogP contribution >= 0.6 is 11.6 Å². The zero-order valence-corrected chi connectivity index (χ0v) is 14.8. The van der Waals surface area contributed by atoms with Gasteiger partial charge in [0.2, 0.25) is 0 Å². The number of halogens is 1. The van der Waals surface area contributed by atoms with Crippen molar-refractivity contribution in [3.63, 3.8) is 0 Å². The molecule has 0 fully saturated rings. The van der Waals surface area contributed by atoms with Crippen molar-refractivity contribution in [1.82, 2.24) is 9.97 Å². The van der Waals surface area contributed by atoms with Gasteiger partial charge in [-0.3, -0.25) is 14.9 Å². The molecule has 2 aromatic carbocycles. The van der Waals surface area contributed by atoms with Gasteiger partial charge in [-0.2, -0.15) is 0 Å². The number of fused-ring (bicyclic) bond motifs is 1. The van der Waals surface area contributed by atoms with E-state index < -0.39 is 4.92 Å². The Hall–Kier alpha value is -3.19. The number of anilines is 1. The molecule has 0 spiro atoms. The first-order valence-electron chi connectivity index (χ1n) is 7.74. The highest BCUT2D eigenvalue weighted by Gasteiger charge is 2.14. The van der Waals surface area contributed by atoms with E-state index in [0.29, 0.717) is 22.2 Å². The van der Waals surface area contributed by atoms with Crippen molar-refractivity contribution in [3.05, 3.63) is 73.8 Å². The van der Waals surface area contributed by atoms with Crippen LogP contribution in [-0.2, 0) is 0 Å². The lowest BCUT2D eigenvalue weighted by Crippen LogP contribution is -2.11. The molecule has 26 heavy (non-hydrogen) atoms. The first-order chi connectivity index (χ1) is 12.4. The molecule has 3 rings (SSSR count). The number of aromatic nitrogens is 2. The van der Waals surface area contributed by atoms with Crippen LogP contribution in [0.5, 0.6) is 0 Å². The second kappa shape index (κ2) is 6.97. The van der Waals surface area contributed by atoms with Gasteiger partial charge in [0.25, 0.3) is 11.2 Å². The summed E-state index contributed by atoms with van der Waals surface area (Å²) < 4.78 is 0. The molecule has 1 aromatic heterocycles. The molecular weight excluding hydrogens is 356 g/mol. The average Bonchev–Trinajstić information content (AvgIpc) is 2.62. The van der Waals surface area contributed by atoms with Crippen molar-refractivity contribution in [2.75, 3.05) is 12.4 Å². The van der Waals surface area contributed by atoms with Crippen molar-refractivity contribution >= 4 is 45.0 Å². The van der Waals surface area contributed by atoms with Gasteiger partial charge in [0.05, 0.1) is 20.9 Å². The largest absolute Gasteiger partial charge is 0.383 e. The van der Waals surface area contributed by atoms with Crippen molar-refractivity contribution in [3.8, 4) is 0 Å². The predicted molar refractivity (Wildman–Crippen MR) is 103 cm³/mol. The summed E-state index contributed by atoms with van der Waals surface area (Å²) in [4.78, 5) is 30.0. The Bertz CT molecular complexity index is 1110. The number of nitrogens with one attached hydrogen (secondary N) is 2. The third kappa shape index (κ3) is 3.29. The molecule has 0 aliphatic rings. The number of hydrogen-bond donors (Lipinski definition) is 2. The van der Waals surface area contributed by atoms with Gasteiger partial charge in [-0.1, -0.05) is 29.8 Å². The van der Waals surface area contributed by atoms with Crippen LogP contribution in [0.1, 0.15) is 17.0 Å². The summed E-state index contributed by atoms with van der Waals surface area (Å²) in [6, 6.07) is 10.0. The molecule has 8 heteroatoms. The summed E-state index contributed by atoms with van der Waals surface area (Å²) in [6.07, 6.45) is 1.52. The van der Waals surface area contributed by atoms with E-state index in [1.807, 2.05) is 13.0 Å². The number of benzene rings is 2. The first-order valence-corrected chi connectivity index (χ1v) is 8.12. The average molecular weight is 371 g/mol. The Balaban J connectivity index is 2.09. The SMILES string of the molecule is CNc1ccc(/C=C(\Cl)c2nc3c(C)cccc3c(=O)[nH]2)cc1[N+](=O)[O-]. The Morgan fingerprint density at radius 3 is 2.81 bits per heavy atom. The Morgan fingerprint density at radius 2 is 2.12 bits per heavy atom. The summed E-state index contributed by atoms with van der Waals surface area (Å²) in [5, 5.41) is 14.6. The van der Waals surface area contributed by atoms with Crippen LogP contribution < -0.4 is 10.9 Å². The molecule has 2 N–H and O–H groups in total. The van der Waals surface area contributed by atoms with Crippen LogP contribution in [0.15, 0.2) is 41.2 Å². The minimum absolute atomic E-state index is 0.0680. The number of nitro benzene ring substituents is 1. The first kappa shape index (κ1) is 17.6. The van der Waals surface area contributed by atoms with Crippen LogP contribution in [0.2, 0.25) is 0 Å². The second-order valence-electron chi connectivity index (χ2n) is 5.66. The highest BCUT2D eigenvalue weighted by molar-refractivity contribution is 6.50. The molecule has 0 unspecified atom stereocenters. The van der Waals surface area contributed by atoms with E-state index in [1.165, 1.54) is 12.1 Å². The fraction of sp³-hybridized carbons (Fsp3) is 0.111. The van der Waals surface area contributed by atoms with Crippen LogP contribution in [-0.4, -0.2) is 21.9 Å². The number of hydrogen-bond acceptors (Lipinski definition) is 5. The summed E-state index contributed by atoms with van der Waals surface area (Å²) >= 11 is 6.31. The van der Waals surface area contributed by atoms with Gasteiger partial charge in [-0.05, 0) is 36.3 Å². The normalized spacial score (nSPS) is 11.6. The Kier molecular flexibility index (Phi) is 4.73. The summed E-state index contributed by atoms with van der Waals surface area (Å²) in [5.41, 5.74) is 1.98. The highest BCUT2D eigenvalue weighted by atomic mass is 35.5. The van der Waals surface area contributed by atoms with Gasteiger partial charge in [0.15, 0.2) is 5.82 Å². The van der Waals surface area contributed by atoms with Crippen molar-refractivity contribution < 1.29 is 4.92 Å². The van der Waals surface area contributed by atoms with Crippen LogP contribution in [0.3, 0.4) is 0 Å². The monoisotopic (exact) mass is 370 g/mol. The van der Waals surface area contributed by atoms with E-state index in [2.05, 4.69) is 15.3 Å². The molecule has 0 radical (unpaired) electrons. The zero-order valence-electron chi connectivity index (χ0n) is 14.0. The fourth-order valence-electron chi connectivity index (χ4n) is 2.63. The molecule has 0 saturated carbocycles. The Morgan fingerprint density at radius 1 is 1.35 bits per heavy atom. The Labute approximate surface area is 153 Å². The van der Waals surface area contributed by atoms with E-state index in [1.54, 1.807) is 31.3 Å². The number of aryl methyl sites for hydroxylation is 1. The maximum atomic E-state index is 12.3. The second-order valence-corrected chi connectivity index (χ2v) is 6.07. The maximum Gasteiger partial charge on any atom is 0.292 e. The van der Waals surface area contributed by atoms with Gasteiger partial charge in [0.1, 0.15) is 5.69 Å². The molecule has 132 valence electrons. The van der Waals surface area contributed by atoms with E-state index in [9.17, 15) is 14.9 Å². The molecule has 1 heterocycles. The van der Waals surface area contributed by atoms with Crippen molar-refractivity contribution in [2.24, 2.45) is 0 Å². The van der Waals surface area contributed by atoms with Gasteiger partial charge in [-0.15, -0.1) is 0 Å². The number of nitrogens with zero attached hydrogens (tertiary/aromatic N) is 2. The lowest BCUT2D eigenvalue weighted by atomic mass is 10.1. The number of nitro groups is 1. The molecule has 0 aliphatic carbocycles.